The van der Waals surface area contributed by atoms with Gasteiger partial charge in [0.1, 0.15) is 57.1 Å². The maximum atomic E-state index is 13.6. The zero-order valence-electron chi connectivity index (χ0n) is 53.8. The molecule has 8 aromatic carbocycles. The molecule has 0 unspecified atom stereocenters. The monoisotopic (exact) mass is 1500 g/mol. The molecular formula is C67H59N3O23S7. The molecule has 100 heavy (non-hydrogen) atoms. The number of ether oxygens (including phenoxy) is 1. The van der Waals surface area contributed by atoms with Crippen LogP contribution in [-0.2, 0) is 76.2 Å². The molecule has 0 saturated carbocycles. The van der Waals surface area contributed by atoms with E-state index in [4.69, 9.17) is 14.1 Å². The standard InChI is InChI=1S/C67H59N3O23S7/c1-32-24-51-44(25-57(32)96(77,78)79)61(42-15-11-13-17-55(42)94(71,72)73)45-26-58(97(80,81)82)48(29-52(45)92-51)68-63-34(3)20-40(21-35(63)4)67(9,10)41-22-36(5)64(37(6)23-41)69-49-30-53-46(27-59(49)98(83,84)85)62(43-16-12-14-18-56(43)95(74,75)76)47-28-60(99(86,87)88)50(31-54(47)93-53)70-65-33(2)19-38(7)66(39(65)8)100(89,90)91/h11-31,68,70H,1H2,2-10H3,(H,71,72,73)(H,74,75,76)(H,77,78,79)(H,80,81,82)(H,83,84,85)(H,86,87,88)(H,89,90,91). The molecule has 0 radical (unpaired) electrons. The Morgan fingerprint density at radius 1 is 0.430 bits per heavy atom. The van der Waals surface area contributed by atoms with E-state index in [0.717, 1.165) is 54.6 Å². The summed E-state index contributed by atoms with van der Waals surface area (Å²) in [5.41, 5.74) is 0.967. The van der Waals surface area contributed by atoms with Crippen molar-refractivity contribution in [3.05, 3.63) is 204 Å². The fraction of sp³-hybridized carbons (Fsp3) is 0.149. The average molecular weight is 1500 g/mol. The number of fused-ring (bicyclic) bond motifs is 4. The van der Waals surface area contributed by atoms with Gasteiger partial charge in [0.05, 0.1) is 22.4 Å². The van der Waals surface area contributed by atoms with Crippen molar-refractivity contribution >= 4 is 122 Å². The Labute approximate surface area is 574 Å². The number of anilines is 4. The van der Waals surface area contributed by atoms with Crippen LogP contribution < -0.4 is 31.2 Å². The summed E-state index contributed by atoms with van der Waals surface area (Å²) < 4.78 is 270. The molecule has 0 atom stereocenters. The van der Waals surface area contributed by atoms with Crippen molar-refractivity contribution in [2.45, 2.75) is 102 Å². The molecule has 0 amide bonds. The lowest BCUT2D eigenvalue weighted by atomic mass is 9.76. The molecule has 11 rings (SSSR count). The number of rotatable bonds is 16. The van der Waals surface area contributed by atoms with Gasteiger partial charge in [-0.15, -0.1) is 0 Å². The van der Waals surface area contributed by atoms with E-state index in [2.05, 4.69) is 17.2 Å². The zero-order chi connectivity index (χ0) is 73.6. The molecule has 26 nitrogen and oxygen atoms in total. The van der Waals surface area contributed by atoms with Crippen LogP contribution in [0, 0.1) is 48.5 Å². The molecular weight excluding hydrogens is 1440 g/mol. The van der Waals surface area contributed by atoms with Gasteiger partial charge in [-0.2, -0.15) is 58.9 Å². The molecule has 0 saturated heterocycles. The third-order valence-corrected chi connectivity index (χ3v) is 23.8. The van der Waals surface area contributed by atoms with Gasteiger partial charge in [0.2, 0.25) is 0 Å². The van der Waals surface area contributed by atoms with Crippen LogP contribution in [0.1, 0.15) is 75.0 Å². The summed E-state index contributed by atoms with van der Waals surface area (Å²) in [7, 11) is -35.9. The van der Waals surface area contributed by atoms with E-state index < -0.39 is 122 Å². The van der Waals surface area contributed by atoms with Gasteiger partial charge >= 0.3 is 0 Å². The van der Waals surface area contributed by atoms with Gasteiger partial charge in [-0.25, -0.2) is 4.99 Å². The minimum Gasteiger partial charge on any atom is -0.456 e. The van der Waals surface area contributed by atoms with Crippen molar-refractivity contribution in [2.24, 2.45) is 4.99 Å². The Morgan fingerprint density at radius 2 is 0.900 bits per heavy atom. The molecule has 2 aliphatic heterocycles. The van der Waals surface area contributed by atoms with Crippen LogP contribution in [0.4, 0.5) is 28.4 Å². The first-order valence-electron chi connectivity index (χ1n) is 29.3. The fourth-order valence-corrected chi connectivity index (χ4v) is 17.7. The highest BCUT2D eigenvalue weighted by Gasteiger charge is 2.34. The van der Waals surface area contributed by atoms with Gasteiger partial charge in [-0.3, -0.25) is 31.9 Å². The highest BCUT2D eigenvalue weighted by Crippen LogP contribution is 2.48. The topological polar surface area (TPSA) is 439 Å². The number of nitrogens with zero attached hydrogens (tertiary/aromatic N) is 1. The van der Waals surface area contributed by atoms with Crippen LogP contribution in [0.5, 0.6) is 11.5 Å². The number of nitrogens with one attached hydrogen (secondary N) is 2. The minimum absolute atomic E-state index is 0.0226. The van der Waals surface area contributed by atoms with Gasteiger partial charge in [0.25, 0.3) is 70.8 Å². The molecule has 1 aliphatic carbocycles. The van der Waals surface area contributed by atoms with Crippen LogP contribution in [0.3, 0.4) is 0 Å². The third kappa shape index (κ3) is 13.4. The summed E-state index contributed by atoms with van der Waals surface area (Å²) in [5, 5.41) is 4.82. The van der Waals surface area contributed by atoms with Crippen molar-refractivity contribution in [3.63, 3.8) is 0 Å². The highest BCUT2D eigenvalue weighted by atomic mass is 32.2. The minimum atomic E-state index is -5.33. The van der Waals surface area contributed by atoms with Gasteiger partial charge in [-0.05, 0) is 146 Å². The Morgan fingerprint density at radius 3 is 1.44 bits per heavy atom. The van der Waals surface area contributed by atoms with Crippen LogP contribution in [-0.4, -0.2) is 90.8 Å². The lowest BCUT2D eigenvalue weighted by Gasteiger charge is -2.29. The van der Waals surface area contributed by atoms with Crippen LogP contribution >= 0.6 is 0 Å². The van der Waals surface area contributed by atoms with Gasteiger partial charge in [0.15, 0.2) is 0 Å². The summed E-state index contributed by atoms with van der Waals surface area (Å²) >= 11 is 0. The van der Waals surface area contributed by atoms with E-state index in [1.54, 1.807) is 46.8 Å². The summed E-state index contributed by atoms with van der Waals surface area (Å²) in [5.74, 6) is -0.529. The average Bonchev–Trinajstić information content (AvgIpc) is 0.731. The van der Waals surface area contributed by atoms with Crippen LogP contribution in [0.2, 0.25) is 0 Å². The van der Waals surface area contributed by atoms with E-state index in [9.17, 15) is 90.8 Å². The summed E-state index contributed by atoms with van der Waals surface area (Å²) in [6, 6.07) is 26.6. The highest BCUT2D eigenvalue weighted by molar-refractivity contribution is 7.87. The van der Waals surface area contributed by atoms with Crippen molar-refractivity contribution < 1.29 is 99.9 Å². The molecule has 0 aromatic heterocycles. The van der Waals surface area contributed by atoms with Crippen molar-refractivity contribution in [2.75, 3.05) is 10.6 Å². The molecule has 9 N–H and O–H groups in total. The number of hydrogen-bond donors (Lipinski definition) is 9. The Hall–Kier alpha value is -9.04. The molecule has 33 heteroatoms. The second-order valence-electron chi connectivity index (χ2n) is 24.5. The summed E-state index contributed by atoms with van der Waals surface area (Å²) in [6.45, 7) is 18.6. The first-order chi connectivity index (χ1) is 46.0. The maximum absolute atomic E-state index is 13.6. The largest absolute Gasteiger partial charge is 0.456 e. The molecule has 3 aliphatic rings. The molecule has 0 bridgehead atoms. The first kappa shape index (κ1) is 72.2. The predicted octanol–water partition coefficient (Wildman–Crippen LogP) is 10.9. The second kappa shape index (κ2) is 24.6. The van der Waals surface area contributed by atoms with Crippen LogP contribution in [0.25, 0.3) is 45.6 Å². The number of benzene rings is 9. The SMILES string of the molecule is C=c1cc2c(cc1S(=O)(=O)O)=C(c1ccccc1S(=O)(=O)O)c1cc(S(=O)(=O)O)c(Nc3c(C)cc(C(C)(C)c4cc(C)c(N=c5cc6oc7cc(Nc8c(C)cc(C)c(S(=O)(=O)O)c8C)c(S(=O)(=O)O)cc7c(-c7ccccc7S(=O)(=O)O)c-6cc5S(=O)(=O)O)c(C)c4)cc3C)cc1O2. The molecule has 522 valence electrons. The Kier molecular flexibility index (Phi) is 17.8. The van der Waals surface area contributed by atoms with Gasteiger partial charge < -0.3 is 19.8 Å². The predicted molar refractivity (Wildman–Crippen MR) is 369 cm³/mol. The smallest absolute Gasteiger partial charge is 0.296 e. The Balaban J connectivity index is 1.03. The number of hydrogen-bond acceptors (Lipinski definition) is 19. The zero-order valence-corrected chi connectivity index (χ0v) is 59.5. The van der Waals surface area contributed by atoms with E-state index in [1.165, 1.54) is 62.4 Å². The quantitative estimate of drug-likeness (QED) is 0.0320. The molecule has 0 spiro atoms. The lowest BCUT2D eigenvalue weighted by molar-refractivity contribution is 0.466. The first-order valence-corrected chi connectivity index (χ1v) is 39.4. The van der Waals surface area contributed by atoms with E-state index in [-0.39, 0.29) is 100 Å². The molecule has 8 aromatic rings. The summed E-state index contributed by atoms with van der Waals surface area (Å²) in [6.07, 6.45) is 0. The normalized spacial score (nSPS) is 13.5. The maximum Gasteiger partial charge on any atom is 0.296 e. The third-order valence-electron chi connectivity index (χ3n) is 17.3. The summed E-state index contributed by atoms with van der Waals surface area (Å²) in [4.78, 5) is -0.355. The molecule has 2 heterocycles. The van der Waals surface area contributed by atoms with Crippen molar-refractivity contribution in [1.82, 2.24) is 0 Å². The van der Waals surface area contributed by atoms with E-state index in [1.807, 2.05) is 26.0 Å². The lowest BCUT2D eigenvalue weighted by Crippen LogP contribution is -2.25. The van der Waals surface area contributed by atoms with Crippen molar-refractivity contribution in [3.8, 4) is 33.9 Å². The Bertz CT molecular complexity index is 6300. The van der Waals surface area contributed by atoms with Crippen molar-refractivity contribution in [1.29, 1.82) is 0 Å². The van der Waals surface area contributed by atoms with E-state index in [0.29, 0.717) is 44.6 Å². The fourth-order valence-electron chi connectivity index (χ4n) is 12.8. The van der Waals surface area contributed by atoms with E-state index >= 15 is 0 Å². The molecule has 0 fully saturated rings. The van der Waals surface area contributed by atoms with Crippen LogP contribution in [0.15, 0.2) is 171 Å². The second-order valence-corrected chi connectivity index (χ2v) is 34.2. The number of aryl methyl sites for hydroxylation is 6. The van der Waals surface area contributed by atoms with Gasteiger partial charge in [0, 0.05) is 79.0 Å². The van der Waals surface area contributed by atoms with Gasteiger partial charge in [-0.1, -0.05) is 87.2 Å².